The summed E-state index contributed by atoms with van der Waals surface area (Å²) in [5.41, 5.74) is 8.51. The van der Waals surface area contributed by atoms with E-state index < -0.39 is 0 Å². The van der Waals surface area contributed by atoms with Crippen molar-refractivity contribution in [2.24, 2.45) is 11.7 Å². The third kappa shape index (κ3) is 4.79. The highest BCUT2D eigenvalue weighted by Gasteiger charge is 2.13. The predicted molar refractivity (Wildman–Crippen MR) is 79.6 cm³/mol. The second-order valence-electron chi connectivity index (χ2n) is 5.72. The molecule has 0 aliphatic carbocycles. The highest BCUT2D eigenvalue weighted by atomic mass is 15.1. The van der Waals surface area contributed by atoms with Gasteiger partial charge in [-0.1, -0.05) is 38.1 Å². The first-order chi connectivity index (χ1) is 8.54. The molecule has 2 N–H and O–H groups in total. The second-order valence-corrected chi connectivity index (χ2v) is 5.72. The maximum Gasteiger partial charge on any atom is 0.0239 e. The molecule has 1 rings (SSSR count). The zero-order chi connectivity index (χ0) is 13.5. The van der Waals surface area contributed by atoms with Crippen molar-refractivity contribution in [1.82, 2.24) is 4.90 Å². The summed E-state index contributed by atoms with van der Waals surface area (Å²) in [6.07, 6.45) is 0.976. The molecule has 102 valence electrons. The molecule has 0 atom stereocenters. The van der Waals surface area contributed by atoms with E-state index in [1.807, 2.05) is 0 Å². The van der Waals surface area contributed by atoms with Crippen LogP contribution in [-0.2, 0) is 13.0 Å². The van der Waals surface area contributed by atoms with Gasteiger partial charge in [-0.15, -0.1) is 0 Å². The van der Waals surface area contributed by atoms with E-state index in [4.69, 9.17) is 5.73 Å². The minimum Gasteiger partial charge on any atom is -0.330 e. The van der Waals surface area contributed by atoms with Gasteiger partial charge in [0, 0.05) is 19.1 Å². The SMILES string of the molecule is CC(C)CN(Cc1ccccc1CCN)C(C)C. The Morgan fingerprint density at radius 2 is 1.67 bits per heavy atom. The molecule has 0 heterocycles. The molecule has 0 aromatic heterocycles. The van der Waals surface area contributed by atoms with E-state index in [2.05, 4.69) is 56.9 Å². The van der Waals surface area contributed by atoms with Crippen LogP contribution in [0.4, 0.5) is 0 Å². The fourth-order valence-corrected chi connectivity index (χ4v) is 2.26. The van der Waals surface area contributed by atoms with Crippen molar-refractivity contribution in [3.8, 4) is 0 Å². The molecule has 0 aliphatic heterocycles. The van der Waals surface area contributed by atoms with E-state index in [1.54, 1.807) is 0 Å². The average molecular weight is 248 g/mol. The molecule has 2 nitrogen and oxygen atoms in total. The number of hydrogen-bond acceptors (Lipinski definition) is 2. The largest absolute Gasteiger partial charge is 0.330 e. The Bertz CT molecular complexity index is 345. The third-order valence-corrected chi connectivity index (χ3v) is 3.24. The van der Waals surface area contributed by atoms with Gasteiger partial charge in [-0.3, -0.25) is 4.90 Å². The molecule has 0 amide bonds. The minimum atomic E-state index is 0.582. The Morgan fingerprint density at radius 1 is 1.06 bits per heavy atom. The molecular weight excluding hydrogens is 220 g/mol. The van der Waals surface area contributed by atoms with Gasteiger partial charge in [-0.2, -0.15) is 0 Å². The van der Waals surface area contributed by atoms with Crippen LogP contribution in [0, 0.1) is 5.92 Å². The summed E-state index contributed by atoms with van der Waals surface area (Å²) in [6.45, 7) is 12.0. The number of benzene rings is 1. The fraction of sp³-hybridized carbons (Fsp3) is 0.625. The Balaban J connectivity index is 2.79. The van der Waals surface area contributed by atoms with E-state index in [1.165, 1.54) is 11.1 Å². The van der Waals surface area contributed by atoms with Crippen molar-refractivity contribution in [2.45, 2.75) is 46.7 Å². The van der Waals surface area contributed by atoms with Crippen molar-refractivity contribution in [3.63, 3.8) is 0 Å². The van der Waals surface area contributed by atoms with Gasteiger partial charge in [0.25, 0.3) is 0 Å². The summed E-state index contributed by atoms with van der Waals surface area (Å²) >= 11 is 0. The zero-order valence-corrected chi connectivity index (χ0v) is 12.3. The normalized spacial score (nSPS) is 11.8. The lowest BCUT2D eigenvalue weighted by Gasteiger charge is -2.29. The van der Waals surface area contributed by atoms with Crippen LogP contribution >= 0.6 is 0 Å². The van der Waals surface area contributed by atoms with E-state index >= 15 is 0 Å². The summed E-state index contributed by atoms with van der Waals surface area (Å²) in [5.74, 6) is 0.703. The monoisotopic (exact) mass is 248 g/mol. The summed E-state index contributed by atoms with van der Waals surface area (Å²) in [5, 5.41) is 0. The number of hydrogen-bond donors (Lipinski definition) is 1. The van der Waals surface area contributed by atoms with Gasteiger partial charge in [-0.25, -0.2) is 0 Å². The van der Waals surface area contributed by atoms with E-state index in [0.717, 1.165) is 26.1 Å². The average Bonchev–Trinajstić information content (AvgIpc) is 2.30. The topological polar surface area (TPSA) is 29.3 Å². The molecule has 0 saturated heterocycles. The van der Waals surface area contributed by atoms with Crippen LogP contribution in [0.5, 0.6) is 0 Å². The van der Waals surface area contributed by atoms with Gasteiger partial charge in [-0.05, 0) is 43.9 Å². The molecule has 2 heteroatoms. The van der Waals surface area contributed by atoms with Gasteiger partial charge in [0.2, 0.25) is 0 Å². The Kier molecular flexibility index (Phi) is 6.37. The minimum absolute atomic E-state index is 0.582. The highest BCUT2D eigenvalue weighted by Crippen LogP contribution is 2.15. The highest BCUT2D eigenvalue weighted by molar-refractivity contribution is 5.27. The summed E-state index contributed by atoms with van der Waals surface area (Å²) in [4.78, 5) is 2.54. The van der Waals surface area contributed by atoms with Crippen LogP contribution < -0.4 is 5.73 Å². The molecule has 1 aromatic rings. The maximum absolute atomic E-state index is 5.69. The van der Waals surface area contributed by atoms with Crippen LogP contribution in [0.15, 0.2) is 24.3 Å². The first-order valence-corrected chi connectivity index (χ1v) is 7.05. The predicted octanol–water partition coefficient (Wildman–Crippen LogP) is 3.05. The summed E-state index contributed by atoms with van der Waals surface area (Å²) in [7, 11) is 0. The van der Waals surface area contributed by atoms with E-state index in [-0.39, 0.29) is 0 Å². The van der Waals surface area contributed by atoms with Crippen molar-refractivity contribution in [1.29, 1.82) is 0 Å². The standard InChI is InChI=1S/C16H28N2/c1-13(2)11-18(14(3)4)12-16-8-6-5-7-15(16)9-10-17/h5-8,13-14H,9-12,17H2,1-4H3. The van der Waals surface area contributed by atoms with Gasteiger partial charge in [0.05, 0.1) is 0 Å². The molecule has 18 heavy (non-hydrogen) atoms. The molecule has 0 fully saturated rings. The Morgan fingerprint density at radius 3 is 2.17 bits per heavy atom. The van der Waals surface area contributed by atoms with Gasteiger partial charge in [0.1, 0.15) is 0 Å². The molecule has 0 saturated carbocycles. The number of nitrogens with two attached hydrogens (primary N) is 1. The number of nitrogens with zero attached hydrogens (tertiary/aromatic N) is 1. The summed E-state index contributed by atoms with van der Waals surface area (Å²) < 4.78 is 0. The number of rotatable bonds is 7. The van der Waals surface area contributed by atoms with Crippen LogP contribution in [-0.4, -0.2) is 24.0 Å². The molecule has 0 bridgehead atoms. The van der Waals surface area contributed by atoms with Crippen LogP contribution in [0.1, 0.15) is 38.8 Å². The fourth-order valence-electron chi connectivity index (χ4n) is 2.26. The van der Waals surface area contributed by atoms with Crippen molar-refractivity contribution in [3.05, 3.63) is 35.4 Å². The van der Waals surface area contributed by atoms with Crippen LogP contribution in [0.2, 0.25) is 0 Å². The quantitative estimate of drug-likeness (QED) is 0.803. The van der Waals surface area contributed by atoms with E-state index in [9.17, 15) is 0 Å². The first kappa shape index (κ1) is 15.2. The van der Waals surface area contributed by atoms with Gasteiger partial charge in [0.15, 0.2) is 0 Å². The zero-order valence-electron chi connectivity index (χ0n) is 12.3. The van der Waals surface area contributed by atoms with Crippen LogP contribution in [0.3, 0.4) is 0 Å². The second kappa shape index (κ2) is 7.55. The molecular formula is C16H28N2. The molecule has 0 radical (unpaired) electrons. The molecule has 0 spiro atoms. The van der Waals surface area contributed by atoms with Crippen LogP contribution in [0.25, 0.3) is 0 Å². The lowest BCUT2D eigenvalue weighted by Crippen LogP contribution is -2.34. The molecule has 0 aliphatic rings. The smallest absolute Gasteiger partial charge is 0.0239 e. The molecule has 1 aromatic carbocycles. The Hall–Kier alpha value is -0.860. The first-order valence-electron chi connectivity index (χ1n) is 7.05. The van der Waals surface area contributed by atoms with Gasteiger partial charge >= 0.3 is 0 Å². The summed E-state index contributed by atoms with van der Waals surface area (Å²) in [6, 6.07) is 9.26. The Labute approximate surface area is 112 Å². The van der Waals surface area contributed by atoms with Crippen molar-refractivity contribution >= 4 is 0 Å². The van der Waals surface area contributed by atoms with Crippen molar-refractivity contribution in [2.75, 3.05) is 13.1 Å². The lowest BCUT2D eigenvalue weighted by molar-refractivity contribution is 0.188. The lowest BCUT2D eigenvalue weighted by atomic mass is 10.0. The molecule has 0 unspecified atom stereocenters. The van der Waals surface area contributed by atoms with Gasteiger partial charge < -0.3 is 5.73 Å². The maximum atomic E-state index is 5.69. The van der Waals surface area contributed by atoms with Crippen molar-refractivity contribution < 1.29 is 0 Å². The third-order valence-electron chi connectivity index (χ3n) is 3.24. The van der Waals surface area contributed by atoms with E-state index in [0.29, 0.717) is 12.0 Å².